The van der Waals surface area contributed by atoms with Gasteiger partial charge >= 0.3 is 0 Å². The van der Waals surface area contributed by atoms with Crippen LogP contribution < -0.4 is 5.32 Å². The zero-order valence-electron chi connectivity index (χ0n) is 11.4. The molecule has 1 saturated heterocycles. The number of thioether (sulfide) groups is 1. The van der Waals surface area contributed by atoms with E-state index in [2.05, 4.69) is 20.5 Å². The first-order valence-corrected chi connectivity index (χ1v) is 7.50. The third-order valence-corrected chi connectivity index (χ3v) is 3.96. The third kappa shape index (κ3) is 3.19. The molecule has 1 fully saturated rings. The van der Waals surface area contributed by atoms with Gasteiger partial charge in [0.15, 0.2) is 0 Å². The molecule has 0 unspecified atom stereocenters. The van der Waals surface area contributed by atoms with Crippen LogP contribution in [-0.4, -0.2) is 49.6 Å². The molecule has 0 radical (unpaired) electrons. The highest BCUT2D eigenvalue weighted by Crippen LogP contribution is 2.23. The molecule has 1 atom stereocenters. The van der Waals surface area contributed by atoms with Crippen molar-refractivity contribution in [2.24, 2.45) is 0 Å². The molecule has 2 rings (SSSR count). The minimum absolute atomic E-state index is 0.0884. The van der Waals surface area contributed by atoms with Crippen molar-refractivity contribution in [3.8, 4) is 0 Å². The second-order valence-electron chi connectivity index (χ2n) is 4.41. The molecule has 2 amide bonds. The first kappa shape index (κ1) is 14.6. The van der Waals surface area contributed by atoms with Gasteiger partial charge in [0.2, 0.25) is 11.9 Å². The van der Waals surface area contributed by atoms with Crippen molar-refractivity contribution in [2.45, 2.75) is 26.3 Å². The molecule has 0 aromatic carbocycles. The quantitative estimate of drug-likeness (QED) is 0.809. The monoisotopic (exact) mass is 295 g/mol. The number of hydrogen-bond donors (Lipinski definition) is 2. The Morgan fingerprint density at radius 1 is 1.65 bits per heavy atom. The van der Waals surface area contributed by atoms with Crippen molar-refractivity contribution in [2.75, 3.05) is 16.9 Å². The Morgan fingerprint density at radius 3 is 3.10 bits per heavy atom. The number of aromatic nitrogens is 3. The van der Waals surface area contributed by atoms with E-state index in [0.717, 1.165) is 6.42 Å². The molecule has 108 valence electrons. The highest BCUT2D eigenvalue weighted by atomic mass is 32.2. The number of H-pyrrole nitrogens is 1. The number of anilines is 1. The summed E-state index contributed by atoms with van der Waals surface area (Å²) in [6.45, 7) is 3.75. The highest BCUT2D eigenvalue weighted by Gasteiger charge is 2.35. The molecule has 20 heavy (non-hydrogen) atoms. The Morgan fingerprint density at radius 2 is 2.45 bits per heavy atom. The molecule has 0 bridgehead atoms. The van der Waals surface area contributed by atoms with Crippen LogP contribution in [0.25, 0.3) is 0 Å². The van der Waals surface area contributed by atoms with E-state index in [4.69, 9.17) is 0 Å². The van der Waals surface area contributed by atoms with Crippen LogP contribution >= 0.6 is 11.8 Å². The van der Waals surface area contributed by atoms with Crippen LogP contribution in [0.1, 0.15) is 20.3 Å². The zero-order chi connectivity index (χ0) is 14.5. The number of nitrogens with one attached hydrogen (secondary N) is 2. The fourth-order valence-electron chi connectivity index (χ4n) is 1.95. The molecule has 7 nitrogen and oxygen atoms in total. The molecule has 2 heterocycles. The van der Waals surface area contributed by atoms with Crippen LogP contribution in [0.2, 0.25) is 0 Å². The molecule has 0 aliphatic carbocycles. The summed E-state index contributed by atoms with van der Waals surface area (Å²) in [5, 5.41) is 8.85. The van der Waals surface area contributed by atoms with Gasteiger partial charge in [-0.3, -0.25) is 14.9 Å². The van der Waals surface area contributed by atoms with Crippen molar-refractivity contribution >= 4 is 29.5 Å². The number of rotatable bonds is 4. The Kier molecular flexibility index (Phi) is 4.78. The number of aromatic amines is 1. The molecule has 1 aromatic heterocycles. The highest BCUT2D eigenvalue weighted by molar-refractivity contribution is 7.99. The van der Waals surface area contributed by atoms with Gasteiger partial charge in [-0.2, -0.15) is 10.1 Å². The van der Waals surface area contributed by atoms with Gasteiger partial charge in [0, 0.05) is 11.3 Å². The summed E-state index contributed by atoms with van der Waals surface area (Å²) >= 11 is 1.57. The summed E-state index contributed by atoms with van der Waals surface area (Å²) < 4.78 is 0. The van der Waals surface area contributed by atoms with Crippen molar-refractivity contribution in [1.82, 2.24) is 20.1 Å². The second-order valence-corrected chi connectivity index (χ2v) is 5.41. The van der Waals surface area contributed by atoms with Crippen LogP contribution in [0.15, 0.2) is 18.0 Å². The molecule has 0 saturated carbocycles. The number of carbonyl (C=O) groups excluding carboxylic acids is 2. The largest absolute Gasteiger partial charge is 0.317 e. The predicted octanol–water partition coefficient (Wildman–Crippen LogP) is 1.00. The van der Waals surface area contributed by atoms with Crippen LogP contribution in [0.5, 0.6) is 0 Å². The molecular weight excluding hydrogens is 278 g/mol. The summed E-state index contributed by atoms with van der Waals surface area (Å²) in [5.41, 5.74) is 0.674. The lowest BCUT2D eigenvalue weighted by molar-refractivity contribution is -0.133. The first-order chi connectivity index (χ1) is 9.63. The molecular formula is C12H17N5O2S. The average molecular weight is 295 g/mol. The number of hydrogen-bond acceptors (Lipinski definition) is 5. The van der Waals surface area contributed by atoms with E-state index in [9.17, 15) is 9.59 Å². The van der Waals surface area contributed by atoms with Gasteiger partial charge in [-0.15, -0.1) is 11.8 Å². The zero-order valence-corrected chi connectivity index (χ0v) is 12.2. The molecule has 1 aromatic rings. The van der Waals surface area contributed by atoms with Crippen molar-refractivity contribution in [1.29, 1.82) is 0 Å². The Bertz CT molecular complexity index is 514. The summed E-state index contributed by atoms with van der Waals surface area (Å²) in [5.74, 6) is 1.08. The molecule has 1 aliphatic heterocycles. The van der Waals surface area contributed by atoms with E-state index in [0.29, 0.717) is 23.2 Å². The molecule has 8 heteroatoms. The number of amides is 2. The summed E-state index contributed by atoms with van der Waals surface area (Å²) in [6.07, 6.45) is 3.99. The average Bonchev–Trinajstić information content (AvgIpc) is 3.08. The van der Waals surface area contributed by atoms with E-state index in [1.165, 1.54) is 6.33 Å². The van der Waals surface area contributed by atoms with Gasteiger partial charge in [0.25, 0.3) is 5.91 Å². The normalized spacial score (nSPS) is 19.2. The van der Waals surface area contributed by atoms with Crippen molar-refractivity contribution in [3.05, 3.63) is 18.0 Å². The Balaban J connectivity index is 2.05. The molecule has 2 N–H and O–H groups in total. The van der Waals surface area contributed by atoms with Gasteiger partial charge < -0.3 is 4.90 Å². The van der Waals surface area contributed by atoms with E-state index in [1.54, 1.807) is 23.6 Å². The Labute approximate surface area is 121 Å². The predicted molar refractivity (Wildman–Crippen MR) is 77.0 cm³/mol. The minimum Gasteiger partial charge on any atom is -0.317 e. The Hall–Kier alpha value is -1.83. The maximum absolute atomic E-state index is 12.3. The van der Waals surface area contributed by atoms with Crippen molar-refractivity contribution < 1.29 is 9.59 Å². The topological polar surface area (TPSA) is 91.0 Å². The fraction of sp³-hybridized carbons (Fsp3) is 0.500. The lowest BCUT2D eigenvalue weighted by Crippen LogP contribution is -2.45. The van der Waals surface area contributed by atoms with E-state index in [1.807, 2.05) is 13.0 Å². The summed E-state index contributed by atoms with van der Waals surface area (Å²) in [4.78, 5) is 29.9. The first-order valence-electron chi connectivity index (χ1n) is 6.35. The van der Waals surface area contributed by atoms with Crippen LogP contribution in [-0.2, 0) is 9.59 Å². The van der Waals surface area contributed by atoms with Crippen molar-refractivity contribution in [3.63, 3.8) is 0 Å². The number of nitrogens with zero attached hydrogens (tertiary/aromatic N) is 3. The van der Waals surface area contributed by atoms with Crippen LogP contribution in [0.4, 0.5) is 5.95 Å². The standard InChI is InChI=1S/C12H17N5O2S/c1-3-4-8(2)11(19)17-7-20-5-9(17)10(18)15-12-13-6-14-16-12/h4,6,9H,3,5,7H2,1-2H3,(H2,13,14,15,16,18)/b8-4+/t9-/m1/s1. The maximum atomic E-state index is 12.3. The fourth-order valence-corrected chi connectivity index (χ4v) is 3.10. The van der Waals surface area contributed by atoms with E-state index < -0.39 is 6.04 Å². The SMILES string of the molecule is CC/C=C(\C)C(=O)N1CSC[C@@H]1C(=O)Nc1ncn[nH]1. The summed E-state index contributed by atoms with van der Waals surface area (Å²) in [7, 11) is 0. The summed E-state index contributed by atoms with van der Waals surface area (Å²) in [6, 6.07) is -0.474. The van der Waals surface area contributed by atoms with Crippen LogP contribution in [0, 0.1) is 0 Å². The lowest BCUT2D eigenvalue weighted by Gasteiger charge is -2.22. The van der Waals surface area contributed by atoms with Gasteiger partial charge in [-0.1, -0.05) is 13.0 Å². The lowest BCUT2D eigenvalue weighted by atomic mass is 10.2. The third-order valence-electron chi connectivity index (χ3n) is 2.95. The van der Waals surface area contributed by atoms with Gasteiger partial charge in [-0.25, -0.2) is 5.10 Å². The van der Waals surface area contributed by atoms with Gasteiger partial charge in [0.05, 0.1) is 5.88 Å². The smallest absolute Gasteiger partial charge is 0.250 e. The van der Waals surface area contributed by atoms with E-state index >= 15 is 0 Å². The van der Waals surface area contributed by atoms with Gasteiger partial charge in [0.1, 0.15) is 12.4 Å². The van der Waals surface area contributed by atoms with E-state index in [-0.39, 0.29) is 11.8 Å². The maximum Gasteiger partial charge on any atom is 0.250 e. The number of carbonyl (C=O) groups is 2. The molecule has 0 spiro atoms. The minimum atomic E-state index is -0.474. The second kappa shape index (κ2) is 6.56. The number of allylic oxidation sites excluding steroid dienone is 1. The van der Waals surface area contributed by atoms with Gasteiger partial charge in [-0.05, 0) is 13.3 Å². The molecule has 1 aliphatic rings. The van der Waals surface area contributed by atoms with Crippen LogP contribution in [0.3, 0.4) is 0 Å².